The second-order valence-electron chi connectivity index (χ2n) is 3.00. The van der Waals surface area contributed by atoms with E-state index in [-0.39, 0.29) is 29.6 Å². The highest BCUT2D eigenvalue weighted by Crippen LogP contribution is 2.14. The van der Waals surface area contributed by atoms with E-state index in [1.54, 1.807) is 0 Å². The van der Waals surface area contributed by atoms with Crippen LogP contribution in [0, 0.1) is 0 Å². The van der Waals surface area contributed by atoms with Crippen molar-refractivity contribution in [1.29, 1.82) is 0 Å². The van der Waals surface area contributed by atoms with E-state index < -0.39 is 11.8 Å². The minimum absolute atomic E-state index is 0.0254. The molecule has 7 nitrogen and oxygen atoms in total. The summed E-state index contributed by atoms with van der Waals surface area (Å²) in [6, 6.07) is 0. The highest BCUT2D eigenvalue weighted by molar-refractivity contribution is 6.31. The molecule has 0 unspecified atom stereocenters. The zero-order valence-electron chi connectivity index (χ0n) is 7.78. The van der Waals surface area contributed by atoms with Crippen LogP contribution in [0.25, 0.3) is 0 Å². The lowest BCUT2D eigenvalue weighted by atomic mass is 10.3. The summed E-state index contributed by atoms with van der Waals surface area (Å²) >= 11 is 11.2. The third kappa shape index (κ3) is 2.37. The van der Waals surface area contributed by atoms with Gasteiger partial charge in [0.25, 0.3) is 0 Å². The lowest BCUT2D eigenvalue weighted by Crippen LogP contribution is -2.52. The first-order valence-corrected chi connectivity index (χ1v) is 4.95. The Labute approximate surface area is 99.8 Å². The van der Waals surface area contributed by atoms with Crippen LogP contribution in [-0.4, -0.2) is 39.9 Å². The smallest absolute Gasteiger partial charge is 0.246 e. The van der Waals surface area contributed by atoms with Gasteiger partial charge in [0.1, 0.15) is 13.1 Å². The van der Waals surface area contributed by atoms with Gasteiger partial charge in [0, 0.05) is 0 Å². The topological polar surface area (TPSA) is 88.1 Å². The maximum Gasteiger partial charge on any atom is 0.246 e. The van der Waals surface area contributed by atoms with E-state index in [4.69, 9.17) is 23.2 Å². The van der Waals surface area contributed by atoms with Crippen LogP contribution < -0.4 is 10.2 Å². The predicted octanol–water partition coefficient (Wildman–Crippen LogP) is -0.359. The molecule has 0 aromatic carbocycles. The molecular formula is C7H5Cl2N5O2. The summed E-state index contributed by atoms with van der Waals surface area (Å²) < 4.78 is 0. The van der Waals surface area contributed by atoms with E-state index >= 15 is 0 Å². The van der Waals surface area contributed by atoms with Crippen molar-refractivity contribution in [3.05, 3.63) is 10.6 Å². The van der Waals surface area contributed by atoms with Gasteiger partial charge in [-0.1, -0.05) is 0 Å². The molecule has 1 saturated heterocycles. The van der Waals surface area contributed by atoms with Crippen LogP contribution in [0.15, 0.2) is 0 Å². The number of carbonyl (C=O) groups excluding carboxylic acids is 2. The van der Waals surface area contributed by atoms with Gasteiger partial charge >= 0.3 is 0 Å². The van der Waals surface area contributed by atoms with Gasteiger partial charge < -0.3 is 4.90 Å². The third-order valence-electron chi connectivity index (χ3n) is 1.80. The number of hydrogen-bond donors (Lipinski definition) is 1. The Bertz CT molecular complexity index is 430. The molecule has 84 valence electrons. The predicted molar refractivity (Wildman–Crippen MR) is 55.2 cm³/mol. The fourth-order valence-electron chi connectivity index (χ4n) is 1.24. The zero-order chi connectivity index (χ0) is 11.7. The number of rotatable bonds is 1. The van der Waals surface area contributed by atoms with E-state index in [2.05, 4.69) is 20.3 Å². The fraction of sp³-hybridized carbons (Fsp3) is 0.286. The molecule has 1 aromatic heterocycles. The highest BCUT2D eigenvalue weighted by atomic mass is 35.5. The second kappa shape index (κ2) is 4.18. The van der Waals surface area contributed by atoms with Crippen molar-refractivity contribution < 1.29 is 9.59 Å². The van der Waals surface area contributed by atoms with Crippen molar-refractivity contribution in [1.82, 2.24) is 20.3 Å². The molecule has 2 amide bonds. The average molecular weight is 262 g/mol. The van der Waals surface area contributed by atoms with Crippen molar-refractivity contribution in [3.63, 3.8) is 0 Å². The maximum absolute atomic E-state index is 11.1. The molecule has 0 atom stereocenters. The number of anilines is 1. The average Bonchev–Trinajstić information content (AvgIpc) is 2.14. The Hall–Kier alpha value is -1.47. The molecule has 1 aliphatic rings. The van der Waals surface area contributed by atoms with Gasteiger partial charge in [-0.15, -0.1) is 0 Å². The van der Waals surface area contributed by atoms with Crippen LogP contribution in [0.4, 0.5) is 5.95 Å². The molecule has 2 rings (SSSR count). The van der Waals surface area contributed by atoms with Gasteiger partial charge in [-0.25, -0.2) is 0 Å². The lowest BCUT2D eigenvalue weighted by Gasteiger charge is -2.25. The summed E-state index contributed by atoms with van der Waals surface area (Å²) in [7, 11) is 0. The number of nitrogens with zero attached hydrogens (tertiary/aromatic N) is 4. The van der Waals surface area contributed by atoms with E-state index in [1.807, 2.05) is 0 Å². The number of amides is 2. The number of imide groups is 1. The Morgan fingerprint density at radius 3 is 2.00 bits per heavy atom. The summed E-state index contributed by atoms with van der Waals surface area (Å²) in [5.74, 6) is -0.749. The van der Waals surface area contributed by atoms with Crippen molar-refractivity contribution >= 4 is 41.0 Å². The molecule has 0 radical (unpaired) electrons. The number of hydrogen-bond acceptors (Lipinski definition) is 6. The normalized spacial score (nSPS) is 16.2. The number of carbonyl (C=O) groups is 2. The second-order valence-corrected chi connectivity index (χ2v) is 3.68. The van der Waals surface area contributed by atoms with Crippen molar-refractivity contribution in [2.45, 2.75) is 0 Å². The lowest BCUT2D eigenvalue weighted by molar-refractivity contribution is -0.130. The van der Waals surface area contributed by atoms with Gasteiger partial charge in [-0.2, -0.15) is 15.0 Å². The quantitative estimate of drug-likeness (QED) is 0.695. The van der Waals surface area contributed by atoms with E-state index in [1.165, 1.54) is 4.90 Å². The molecule has 0 aliphatic carbocycles. The molecule has 1 aromatic rings. The summed E-state index contributed by atoms with van der Waals surface area (Å²) in [6.45, 7) is -0.0508. The van der Waals surface area contributed by atoms with Crippen LogP contribution in [0.2, 0.25) is 10.6 Å². The summed E-state index contributed by atoms with van der Waals surface area (Å²) in [5.41, 5.74) is 0. The number of aromatic nitrogens is 3. The van der Waals surface area contributed by atoms with Gasteiger partial charge in [0.05, 0.1) is 0 Å². The molecule has 1 N–H and O–H groups in total. The van der Waals surface area contributed by atoms with Gasteiger partial charge in [0.2, 0.25) is 28.3 Å². The zero-order valence-corrected chi connectivity index (χ0v) is 9.29. The van der Waals surface area contributed by atoms with Crippen LogP contribution in [-0.2, 0) is 9.59 Å². The van der Waals surface area contributed by atoms with Gasteiger partial charge in [-0.3, -0.25) is 14.9 Å². The van der Waals surface area contributed by atoms with E-state index in [9.17, 15) is 9.59 Å². The molecule has 0 bridgehead atoms. The Balaban J connectivity index is 2.29. The van der Waals surface area contributed by atoms with Gasteiger partial charge in [0.15, 0.2) is 0 Å². The fourth-order valence-corrected chi connectivity index (χ4v) is 1.59. The van der Waals surface area contributed by atoms with Crippen LogP contribution in [0.5, 0.6) is 0 Å². The maximum atomic E-state index is 11.1. The monoisotopic (exact) mass is 261 g/mol. The molecule has 0 saturated carbocycles. The third-order valence-corrected chi connectivity index (χ3v) is 2.14. The molecular weight excluding hydrogens is 257 g/mol. The van der Waals surface area contributed by atoms with Crippen LogP contribution in [0.1, 0.15) is 0 Å². The highest BCUT2D eigenvalue weighted by Gasteiger charge is 2.25. The molecule has 2 heterocycles. The summed E-state index contributed by atoms with van der Waals surface area (Å²) in [5, 5.41) is 1.97. The minimum Gasteiger partial charge on any atom is -0.322 e. The van der Waals surface area contributed by atoms with Crippen molar-refractivity contribution in [2.24, 2.45) is 0 Å². The first-order chi connectivity index (χ1) is 7.54. The molecule has 0 spiro atoms. The molecule has 9 heteroatoms. The first-order valence-electron chi connectivity index (χ1n) is 4.19. The molecule has 1 fully saturated rings. The number of piperazine rings is 1. The van der Waals surface area contributed by atoms with E-state index in [0.717, 1.165) is 0 Å². The SMILES string of the molecule is O=C1CN(c2nc(Cl)nc(Cl)n2)CC(=O)N1. The van der Waals surface area contributed by atoms with Crippen LogP contribution in [0.3, 0.4) is 0 Å². The summed E-state index contributed by atoms with van der Waals surface area (Å²) in [6.07, 6.45) is 0. The molecule has 1 aliphatic heterocycles. The van der Waals surface area contributed by atoms with Gasteiger partial charge in [-0.05, 0) is 23.2 Å². The molecule has 16 heavy (non-hydrogen) atoms. The van der Waals surface area contributed by atoms with E-state index in [0.29, 0.717) is 0 Å². The standard InChI is InChI=1S/C7H5Cl2N5O2/c8-5-11-6(9)13-7(12-5)14-1-3(15)10-4(16)2-14/h1-2H2,(H,10,15,16). The largest absolute Gasteiger partial charge is 0.322 e. The Morgan fingerprint density at radius 1 is 1.00 bits per heavy atom. The van der Waals surface area contributed by atoms with Crippen molar-refractivity contribution in [2.75, 3.05) is 18.0 Å². The Morgan fingerprint density at radius 2 is 1.50 bits per heavy atom. The van der Waals surface area contributed by atoms with Crippen molar-refractivity contribution in [3.8, 4) is 0 Å². The first kappa shape index (κ1) is 11.0. The summed E-state index contributed by atoms with van der Waals surface area (Å²) in [4.78, 5) is 34.7. The van der Waals surface area contributed by atoms with Crippen LogP contribution >= 0.6 is 23.2 Å². The number of halogens is 2. The Kier molecular flexibility index (Phi) is 2.88. The minimum atomic E-state index is -0.427. The number of nitrogens with one attached hydrogen (secondary N) is 1.